The highest BCUT2D eigenvalue weighted by Gasteiger charge is 2.44. The first-order valence-electron chi connectivity index (χ1n) is 8.04. The molecule has 2 heterocycles. The Labute approximate surface area is 152 Å². The molecule has 1 aliphatic heterocycles. The Morgan fingerprint density at radius 2 is 2.19 bits per heavy atom. The van der Waals surface area contributed by atoms with Gasteiger partial charge in [0.05, 0.1) is 41.4 Å². The van der Waals surface area contributed by atoms with E-state index < -0.39 is 29.7 Å². The minimum Gasteiger partial charge on any atom is -0.481 e. The van der Waals surface area contributed by atoms with E-state index in [1.54, 1.807) is 6.92 Å². The number of ether oxygens (including phenoxy) is 2. The molecule has 1 aromatic carbocycles. The Morgan fingerprint density at radius 1 is 1.46 bits per heavy atom. The first-order valence-corrected chi connectivity index (χ1v) is 8.41. The molecule has 9 heteroatoms. The van der Waals surface area contributed by atoms with Gasteiger partial charge in [0.15, 0.2) is 0 Å². The van der Waals surface area contributed by atoms with E-state index in [1.165, 1.54) is 6.07 Å². The number of alkyl halides is 3. The number of rotatable bonds is 5. The normalized spacial score (nSPS) is 20.3. The topological polar surface area (TPSA) is 71.6 Å². The SMILES string of the molecule is CCOCC1(CC(=O)O)OCCc2c1[nH]c1c(Cl)ccc(C(F)(F)F)c21. The van der Waals surface area contributed by atoms with Gasteiger partial charge in [0.2, 0.25) is 0 Å². The largest absolute Gasteiger partial charge is 0.481 e. The lowest BCUT2D eigenvalue weighted by atomic mass is 9.88. The van der Waals surface area contributed by atoms with E-state index >= 15 is 0 Å². The second-order valence-corrected chi connectivity index (χ2v) is 6.53. The maximum absolute atomic E-state index is 13.5. The van der Waals surface area contributed by atoms with Crippen molar-refractivity contribution in [2.45, 2.75) is 31.5 Å². The number of fused-ring (bicyclic) bond motifs is 3. The van der Waals surface area contributed by atoms with Crippen LogP contribution in [0.4, 0.5) is 13.2 Å². The molecule has 1 aliphatic rings. The second kappa shape index (κ2) is 6.75. The minimum absolute atomic E-state index is 0.0328. The highest BCUT2D eigenvalue weighted by Crippen LogP contribution is 2.45. The van der Waals surface area contributed by atoms with Crippen molar-refractivity contribution in [3.05, 3.63) is 34.0 Å². The van der Waals surface area contributed by atoms with E-state index in [-0.39, 0.29) is 41.3 Å². The van der Waals surface area contributed by atoms with Crippen LogP contribution in [0.3, 0.4) is 0 Å². The summed E-state index contributed by atoms with van der Waals surface area (Å²) in [4.78, 5) is 14.3. The molecule has 0 saturated carbocycles. The van der Waals surface area contributed by atoms with Crippen LogP contribution < -0.4 is 0 Å². The Balaban J connectivity index is 2.29. The van der Waals surface area contributed by atoms with Gasteiger partial charge in [-0.15, -0.1) is 0 Å². The maximum Gasteiger partial charge on any atom is 0.417 e. The molecule has 0 fully saturated rings. The molecule has 2 N–H and O–H groups in total. The monoisotopic (exact) mass is 391 g/mol. The van der Waals surface area contributed by atoms with Gasteiger partial charge in [-0.25, -0.2) is 0 Å². The second-order valence-electron chi connectivity index (χ2n) is 6.12. The minimum atomic E-state index is -4.56. The Bertz CT molecular complexity index is 849. The van der Waals surface area contributed by atoms with Gasteiger partial charge in [0.25, 0.3) is 0 Å². The van der Waals surface area contributed by atoms with E-state index in [0.717, 1.165) is 6.07 Å². The zero-order chi connectivity index (χ0) is 19.1. The Morgan fingerprint density at radius 3 is 2.81 bits per heavy atom. The Kier molecular flexibility index (Phi) is 4.94. The van der Waals surface area contributed by atoms with Crippen LogP contribution in [0.1, 0.15) is 30.2 Å². The first kappa shape index (κ1) is 19.0. The van der Waals surface area contributed by atoms with Crippen molar-refractivity contribution in [2.75, 3.05) is 19.8 Å². The quantitative estimate of drug-likeness (QED) is 0.804. The van der Waals surface area contributed by atoms with Crippen LogP contribution in [-0.4, -0.2) is 35.9 Å². The summed E-state index contributed by atoms with van der Waals surface area (Å²) in [6.07, 6.45) is -4.79. The molecule has 0 bridgehead atoms. The predicted molar refractivity (Wildman–Crippen MR) is 88.4 cm³/mol. The molecule has 0 amide bonds. The number of nitrogens with one attached hydrogen (secondary N) is 1. The zero-order valence-corrected chi connectivity index (χ0v) is 14.6. The van der Waals surface area contributed by atoms with Crippen molar-refractivity contribution >= 4 is 28.5 Å². The smallest absolute Gasteiger partial charge is 0.417 e. The van der Waals surface area contributed by atoms with Gasteiger partial charge in [-0.05, 0) is 31.0 Å². The molecule has 26 heavy (non-hydrogen) atoms. The number of aromatic nitrogens is 1. The average Bonchev–Trinajstić information content (AvgIpc) is 2.94. The van der Waals surface area contributed by atoms with Crippen LogP contribution in [0.25, 0.3) is 10.9 Å². The fourth-order valence-corrected chi connectivity index (χ4v) is 3.65. The molecule has 5 nitrogen and oxygen atoms in total. The molecular weight excluding hydrogens is 375 g/mol. The number of carboxylic acids is 1. The lowest BCUT2D eigenvalue weighted by Crippen LogP contribution is -2.42. The zero-order valence-electron chi connectivity index (χ0n) is 13.9. The number of hydrogen-bond acceptors (Lipinski definition) is 3. The summed E-state index contributed by atoms with van der Waals surface area (Å²) >= 11 is 6.11. The Hall–Kier alpha value is -1.77. The van der Waals surface area contributed by atoms with E-state index in [4.69, 9.17) is 21.1 Å². The van der Waals surface area contributed by atoms with Crippen LogP contribution in [0.5, 0.6) is 0 Å². The first-order chi connectivity index (χ1) is 12.2. The molecule has 3 rings (SSSR count). The standard InChI is InChI=1S/C17H17ClF3NO4/c1-2-25-8-16(7-12(23)24)15-9(5-6-26-16)13-10(17(19,20)21)3-4-11(18)14(13)22-15/h3-4,22H,2,5-8H2,1H3,(H,23,24). The maximum atomic E-state index is 13.5. The van der Waals surface area contributed by atoms with Crippen LogP contribution >= 0.6 is 11.6 Å². The van der Waals surface area contributed by atoms with Gasteiger partial charge >= 0.3 is 12.1 Å². The van der Waals surface area contributed by atoms with E-state index in [1.807, 2.05) is 0 Å². The number of benzene rings is 1. The number of H-pyrrole nitrogens is 1. The average molecular weight is 392 g/mol. The third kappa shape index (κ3) is 3.17. The van der Waals surface area contributed by atoms with E-state index in [9.17, 15) is 23.1 Å². The van der Waals surface area contributed by atoms with Crippen molar-refractivity contribution in [3.63, 3.8) is 0 Å². The van der Waals surface area contributed by atoms with Crippen LogP contribution in [0, 0.1) is 0 Å². The molecule has 0 radical (unpaired) electrons. The van der Waals surface area contributed by atoms with Gasteiger partial charge in [-0.2, -0.15) is 13.2 Å². The summed E-state index contributed by atoms with van der Waals surface area (Å²) in [6, 6.07) is 2.12. The lowest BCUT2D eigenvalue weighted by molar-refractivity contribution is -0.156. The van der Waals surface area contributed by atoms with Crippen molar-refractivity contribution in [2.24, 2.45) is 0 Å². The fourth-order valence-electron chi connectivity index (χ4n) is 3.45. The summed E-state index contributed by atoms with van der Waals surface area (Å²) in [5, 5.41) is 9.41. The summed E-state index contributed by atoms with van der Waals surface area (Å²) in [7, 11) is 0. The summed E-state index contributed by atoms with van der Waals surface area (Å²) in [5.41, 5.74) is -1.41. The highest BCUT2D eigenvalue weighted by atomic mass is 35.5. The molecule has 0 aliphatic carbocycles. The molecule has 1 unspecified atom stereocenters. The van der Waals surface area contributed by atoms with Gasteiger partial charge in [-0.3, -0.25) is 4.79 Å². The van der Waals surface area contributed by atoms with Crippen molar-refractivity contribution < 1.29 is 32.5 Å². The van der Waals surface area contributed by atoms with Crippen LogP contribution in [0.2, 0.25) is 5.02 Å². The number of aliphatic carboxylic acids is 1. The number of halogens is 4. The molecule has 1 aromatic heterocycles. The highest BCUT2D eigenvalue weighted by molar-refractivity contribution is 6.35. The molecule has 0 saturated heterocycles. The summed E-state index contributed by atoms with van der Waals surface area (Å²) in [5.74, 6) is -1.14. The number of aromatic amines is 1. The van der Waals surface area contributed by atoms with Crippen molar-refractivity contribution in [1.82, 2.24) is 4.98 Å². The van der Waals surface area contributed by atoms with Crippen LogP contribution in [0.15, 0.2) is 12.1 Å². The lowest BCUT2D eigenvalue weighted by Gasteiger charge is -2.36. The van der Waals surface area contributed by atoms with Crippen molar-refractivity contribution in [3.8, 4) is 0 Å². The third-order valence-corrected chi connectivity index (χ3v) is 4.79. The fraction of sp³-hybridized carbons (Fsp3) is 0.471. The van der Waals surface area contributed by atoms with Gasteiger partial charge < -0.3 is 19.6 Å². The van der Waals surface area contributed by atoms with Gasteiger partial charge in [0.1, 0.15) is 5.60 Å². The summed E-state index contributed by atoms with van der Waals surface area (Å²) in [6.45, 7) is 2.05. The molecule has 2 aromatic rings. The number of carboxylic acid groups (broad SMARTS) is 1. The van der Waals surface area contributed by atoms with E-state index in [2.05, 4.69) is 4.98 Å². The predicted octanol–water partition coefficient (Wildman–Crippen LogP) is 4.12. The molecule has 1 atom stereocenters. The molecular formula is C17H17ClF3NO4. The van der Waals surface area contributed by atoms with Crippen molar-refractivity contribution in [1.29, 1.82) is 0 Å². The molecule has 0 spiro atoms. The van der Waals surface area contributed by atoms with Crippen LogP contribution in [-0.2, 0) is 32.5 Å². The van der Waals surface area contributed by atoms with E-state index in [0.29, 0.717) is 12.2 Å². The van der Waals surface area contributed by atoms with Gasteiger partial charge in [0, 0.05) is 12.0 Å². The number of hydrogen-bond donors (Lipinski definition) is 2. The summed E-state index contributed by atoms with van der Waals surface area (Å²) < 4.78 is 51.6. The van der Waals surface area contributed by atoms with Gasteiger partial charge in [-0.1, -0.05) is 11.6 Å². The number of carbonyl (C=O) groups is 1. The molecule has 142 valence electrons. The third-order valence-electron chi connectivity index (χ3n) is 4.48.